The van der Waals surface area contributed by atoms with E-state index in [1.165, 1.54) is 17.8 Å². The third kappa shape index (κ3) is 6.89. The van der Waals surface area contributed by atoms with Gasteiger partial charge in [-0.05, 0) is 62.7 Å². The first-order valence-corrected chi connectivity index (χ1v) is 14.1. The first kappa shape index (κ1) is 29.8. The molecule has 1 aliphatic carbocycles. The van der Waals surface area contributed by atoms with Crippen molar-refractivity contribution < 1.29 is 13.2 Å². The molecule has 2 fully saturated rings. The van der Waals surface area contributed by atoms with Crippen molar-refractivity contribution in [3.63, 3.8) is 0 Å². The van der Waals surface area contributed by atoms with Crippen LogP contribution in [-0.4, -0.2) is 53.1 Å². The van der Waals surface area contributed by atoms with Crippen molar-refractivity contribution in [2.45, 2.75) is 25.9 Å². The van der Waals surface area contributed by atoms with Crippen molar-refractivity contribution in [3.8, 4) is 11.3 Å². The van der Waals surface area contributed by atoms with E-state index in [0.717, 1.165) is 55.9 Å². The Kier molecular flexibility index (Phi) is 8.54. The maximum atomic E-state index is 13.5. The lowest BCUT2D eigenvalue weighted by Gasteiger charge is -2.34. The van der Waals surface area contributed by atoms with Crippen molar-refractivity contribution in [1.82, 2.24) is 25.2 Å². The average molecular weight is 589 g/mol. The number of anilines is 3. The number of likely N-dealkylation sites (N-methyl/N-ethyl adjacent to an activating group) is 1. The molecule has 0 amide bonds. The Morgan fingerprint density at radius 1 is 0.977 bits per heavy atom. The molecule has 1 saturated heterocycles. The summed E-state index contributed by atoms with van der Waals surface area (Å²) in [4.78, 5) is 16.8. The number of nitrogens with zero attached hydrogens (tertiary/aromatic N) is 5. The molecule has 11 heteroatoms. The van der Waals surface area contributed by atoms with Crippen LogP contribution in [-0.2, 0) is 6.18 Å². The number of aromatic nitrogens is 3. The van der Waals surface area contributed by atoms with E-state index in [1.54, 1.807) is 19.1 Å². The number of nitrogen functional groups attached to an aromatic ring is 2. The van der Waals surface area contributed by atoms with E-state index in [4.69, 9.17) is 16.5 Å². The quantitative estimate of drug-likeness (QED) is 0.286. The van der Waals surface area contributed by atoms with Gasteiger partial charge in [-0.1, -0.05) is 30.9 Å². The molecule has 0 atom stereocenters. The Balaban J connectivity index is 1.50. The van der Waals surface area contributed by atoms with E-state index in [0.29, 0.717) is 28.3 Å². The summed E-state index contributed by atoms with van der Waals surface area (Å²) >= 11 is 0. The molecule has 1 aliphatic heterocycles. The van der Waals surface area contributed by atoms with Crippen LogP contribution < -0.4 is 21.7 Å². The Morgan fingerprint density at radius 2 is 1.67 bits per heavy atom. The highest BCUT2D eigenvalue weighted by Crippen LogP contribution is 2.38. The van der Waals surface area contributed by atoms with Crippen molar-refractivity contribution in [2.75, 3.05) is 49.6 Å². The van der Waals surface area contributed by atoms with Crippen LogP contribution in [0.3, 0.4) is 0 Å². The number of rotatable bonds is 8. The number of hydrogen-bond acceptors (Lipinski definition) is 8. The number of halogens is 3. The van der Waals surface area contributed by atoms with E-state index < -0.39 is 12.0 Å². The first-order chi connectivity index (χ1) is 20.6. The van der Waals surface area contributed by atoms with Crippen molar-refractivity contribution in [3.05, 3.63) is 95.8 Å². The van der Waals surface area contributed by atoms with Crippen molar-refractivity contribution in [2.24, 2.45) is 0 Å². The number of allylic oxidation sites excluding steroid dienone is 5. The molecule has 0 spiro atoms. The molecular formula is C32H35F3N8. The molecule has 2 aromatic heterocycles. The summed E-state index contributed by atoms with van der Waals surface area (Å²) in [6.07, 6.45) is 1.81. The second-order valence-corrected chi connectivity index (χ2v) is 10.6. The van der Waals surface area contributed by atoms with Gasteiger partial charge >= 0.3 is 6.18 Å². The molecule has 2 aliphatic rings. The summed E-state index contributed by atoms with van der Waals surface area (Å²) in [5.74, 6) is -1.60. The smallest absolute Gasteiger partial charge is 0.397 e. The van der Waals surface area contributed by atoms with Gasteiger partial charge in [0.05, 0.1) is 22.8 Å². The topological polar surface area (TPSA) is 109 Å². The summed E-state index contributed by atoms with van der Waals surface area (Å²) < 4.78 is 40.5. The lowest BCUT2D eigenvalue weighted by atomic mass is 10.1. The van der Waals surface area contributed by atoms with Crippen LogP contribution in [0.4, 0.5) is 30.4 Å². The monoisotopic (exact) mass is 588 g/mol. The van der Waals surface area contributed by atoms with Gasteiger partial charge < -0.3 is 26.6 Å². The number of nitrogens with two attached hydrogens (primary N) is 2. The zero-order chi connectivity index (χ0) is 30.7. The summed E-state index contributed by atoms with van der Waals surface area (Å²) in [5, 5.41) is 3.37. The van der Waals surface area contributed by atoms with Gasteiger partial charge in [0.1, 0.15) is 11.5 Å². The number of piperazine rings is 1. The molecule has 3 heterocycles. The van der Waals surface area contributed by atoms with Crippen LogP contribution in [0.2, 0.25) is 0 Å². The van der Waals surface area contributed by atoms with Gasteiger partial charge in [0.2, 0.25) is 5.82 Å². The highest BCUT2D eigenvalue weighted by atomic mass is 19.4. The maximum Gasteiger partial charge on any atom is 0.451 e. The lowest BCUT2D eigenvalue weighted by Crippen LogP contribution is -2.44. The predicted molar refractivity (Wildman–Crippen MR) is 166 cm³/mol. The molecule has 0 radical (unpaired) electrons. The van der Waals surface area contributed by atoms with Gasteiger partial charge in [-0.3, -0.25) is 0 Å². The Hall–Kier alpha value is -4.64. The van der Waals surface area contributed by atoms with Gasteiger partial charge in [0, 0.05) is 54.8 Å². The van der Waals surface area contributed by atoms with E-state index in [-0.39, 0.29) is 11.5 Å². The molecule has 8 nitrogen and oxygen atoms in total. The molecule has 1 aromatic carbocycles. The fourth-order valence-corrected chi connectivity index (χ4v) is 4.94. The van der Waals surface area contributed by atoms with Crippen molar-refractivity contribution in [1.29, 1.82) is 0 Å². The van der Waals surface area contributed by atoms with Gasteiger partial charge in [-0.25, -0.2) is 15.0 Å². The number of nitrogens with one attached hydrogen (secondary N) is 1. The molecular weight excluding hydrogens is 553 g/mol. The fraction of sp³-hybridized carbons (Fsp3) is 0.281. The molecule has 5 rings (SSSR count). The van der Waals surface area contributed by atoms with Crippen LogP contribution in [0.1, 0.15) is 37.0 Å². The summed E-state index contributed by atoms with van der Waals surface area (Å²) in [6, 6.07) is 13.4. The molecule has 5 N–H and O–H groups in total. The van der Waals surface area contributed by atoms with Gasteiger partial charge in [-0.2, -0.15) is 13.2 Å². The zero-order valence-corrected chi connectivity index (χ0v) is 24.2. The van der Waals surface area contributed by atoms with Crippen molar-refractivity contribution >= 4 is 28.5 Å². The first-order valence-electron chi connectivity index (χ1n) is 14.1. The SMILES string of the molecule is C=C/C(NC(=C1CC1)c1nc(-c2ccc(N3CCN(C)CC3)cc2)ccc1N)=C(\C=C/C)c1cc(N)nc(C(F)(F)F)n1. The minimum atomic E-state index is -4.75. The standard InChI is InChI=1S/C32H35F3N8/c1-4-6-23(27-19-28(37)41-31(40-27)32(33,34)35)25(5-2)38-29(21-7-8-21)30-24(36)13-14-26(39-30)20-9-11-22(12-10-20)43-17-15-42(3)16-18-43/h4-6,9-14,19,38H,2,7-8,15-18,36H2,1,3H3,(H2,37,40,41)/b6-4-,25-23-. The highest BCUT2D eigenvalue weighted by Gasteiger charge is 2.35. The average Bonchev–Trinajstić information content (AvgIpc) is 3.83. The van der Waals surface area contributed by atoms with E-state index >= 15 is 0 Å². The maximum absolute atomic E-state index is 13.5. The summed E-state index contributed by atoms with van der Waals surface area (Å²) in [6.45, 7) is 9.69. The zero-order valence-electron chi connectivity index (χ0n) is 24.2. The Morgan fingerprint density at radius 3 is 2.28 bits per heavy atom. The molecule has 43 heavy (non-hydrogen) atoms. The third-order valence-corrected chi connectivity index (χ3v) is 7.41. The van der Waals surface area contributed by atoms with Gasteiger partial charge in [-0.15, -0.1) is 0 Å². The van der Waals surface area contributed by atoms with E-state index in [1.807, 2.05) is 12.1 Å². The lowest BCUT2D eigenvalue weighted by molar-refractivity contribution is -0.144. The van der Waals surface area contributed by atoms with Gasteiger partial charge in [0.15, 0.2) is 0 Å². The predicted octanol–water partition coefficient (Wildman–Crippen LogP) is 5.74. The van der Waals surface area contributed by atoms with Crippen LogP contribution in [0, 0.1) is 0 Å². The molecule has 0 unspecified atom stereocenters. The second kappa shape index (κ2) is 12.3. The normalized spacial score (nSPS) is 16.3. The van der Waals surface area contributed by atoms with Gasteiger partial charge in [0.25, 0.3) is 0 Å². The Labute approximate surface area is 249 Å². The summed E-state index contributed by atoms with van der Waals surface area (Å²) in [5.41, 5.74) is 18.7. The van der Waals surface area contributed by atoms with Crippen LogP contribution >= 0.6 is 0 Å². The fourth-order valence-electron chi connectivity index (χ4n) is 4.94. The number of hydrogen-bond donors (Lipinski definition) is 3. The number of alkyl halides is 3. The van der Waals surface area contributed by atoms with E-state index in [2.05, 4.69) is 63.0 Å². The minimum absolute atomic E-state index is 0.00981. The summed E-state index contributed by atoms with van der Waals surface area (Å²) in [7, 11) is 2.13. The van der Waals surface area contributed by atoms with E-state index in [9.17, 15) is 13.2 Å². The third-order valence-electron chi connectivity index (χ3n) is 7.41. The molecule has 0 bridgehead atoms. The number of pyridine rings is 1. The number of benzene rings is 1. The van der Waals surface area contributed by atoms with Crippen LogP contribution in [0.15, 0.2) is 78.5 Å². The second-order valence-electron chi connectivity index (χ2n) is 10.6. The van der Waals surface area contributed by atoms with Crippen LogP contribution in [0.25, 0.3) is 22.5 Å². The molecule has 3 aromatic rings. The molecule has 224 valence electrons. The van der Waals surface area contributed by atoms with Crippen LogP contribution in [0.5, 0.6) is 0 Å². The Bertz CT molecular complexity index is 1590. The molecule has 1 saturated carbocycles. The minimum Gasteiger partial charge on any atom is -0.397 e. The largest absolute Gasteiger partial charge is 0.451 e. The highest BCUT2D eigenvalue weighted by molar-refractivity contribution is 5.83.